The van der Waals surface area contributed by atoms with Crippen LogP contribution in [0.15, 0.2) is 0 Å². The normalized spacial score (nSPS) is 18.1. The van der Waals surface area contributed by atoms with E-state index in [4.69, 9.17) is 4.74 Å². The summed E-state index contributed by atoms with van der Waals surface area (Å²) in [6.07, 6.45) is 0. The molecule has 1 rings (SSSR count). The summed E-state index contributed by atoms with van der Waals surface area (Å²) in [6, 6.07) is 0. The Morgan fingerprint density at radius 1 is 1.80 bits per heavy atom. The van der Waals surface area contributed by atoms with Gasteiger partial charge >= 0.3 is 0 Å². The van der Waals surface area contributed by atoms with E-state index in [9.17, 15) is 4.79 Å². The van der Waals surface area contributed by atoms with E-state index < -0.39 is 0 Å². The van der Waals surface area contributed by atoms with E-state index in [1.807, 2.05) is 0 Å². The number of hydrogen-bond donors (Lipinski definition) is 1. The van der Waals surface area contributed by atoms with E-state index in [1.54, 1.807) is 0 Å². The van der Waals surface area contributed by atoms with E-state index in [0.29, 0.717) is 13.2 Å². The van der Waals surface area contributed by atoms with Gasteiger partial charge in [-0.15, -0.1) is 0 Å². The standard InChI is InChI=1S/C6H11NO3/c1-9-4-7-6(8)5-2-10-3-5/h5H,2-4H2,1H3,(H,7,8). The third-order valence-corrected chi connectivity index (χ3v) is 1.40. The minimum atomic E-state index is 0.0214. The molecule has 1 aliphatic heterocycles. The number of methoxy groups -OCH3 is 1. The SMILES string of the molecule is COCNC(=O)C1COC1. The molecule has 1 aliphatic rings. The number of hydrogen-bond acceptors (Lipinski definition) is 3. The quantitative estimate of drug-likeness (QED) is 0.537. The molecule has 0 aromatic heterocycles. The maximum Gasteiger partial charge on any atom is 0.229 e. The fourth-order valence-corrected chi connectivity index (χ4v) is 0.675. The van der Waals surface area contributed by atoms with Crippen LogP contribution >= 0.6 is 0 Å². The number of ether oxygens (including phenoxy) is 2. The zero-order valence-electron chi connectivity index (χ0n) is 5.92. The van der Waals surface area contributed by atoms with E-state index >= 15 is 0 Å². The van der Waals surface area contributed by atoms with E-state index in [0.717, 1.165) is 0 Å². The van der Waals surface area contributed by atoms with E-state index in [-0.39, 0.29) is 18.6 Å². The van der Waals surface area contributed by atoms with Crippen molar-refractivity contribution in [3.63, 3.8) is 0 Å². The smallest absolute Gasteiger partial charge is 0.229 e. The first kappa shape index (κ1) is 7.50. The van der Waals surface area contributed by atoms with Crippen LogP contribution in [0.4, 0.5) is 0 Å². The maximum absolute atomic E-state index is 10.9. The predicted molar refractivity (Wildman–Crippen MR) is 34.3 cm³/mol. The Hall–Kier alpha value is -0.610. The summed E-state index contributed by atoms with van der Waals surface area (Å²) >= 11 is 0. The Morgan fingerprint density at radius 2 is 2.50 bits per heavy atom. The van der Waals surface area contributed by atoms with Crippen LogP contribution < -0.4 is 5.32 Å². The highest BCUT2D eigenvalue weighted by molar-refractivity contribution is 5.79. The van der Waals surface area contributed by atoms with Crippen molar-refractivity contribution < 1.29 is 14.3 Å². The first-order valence-electron chi connectivity index (χ1n) is 3.19. The molecule has 10 heavy (non-hydrogen) atoms. The van der Waals surface area contributed by atoms with Crippen LogP contribution in [0.1, 0.15) is 0 Å². The van der Waals surface area contributed by atoms with Gasteiger partial charge in [-0.1, -0.05) is 0 Å². The van der Waals surface area contributed by atoms with Gasteiger partial charge < -0.3 is 14.8 Å². The van der Waals surface area contributed by atoms with Gasteiger partial charge in [-0.3, -0.25) is 4.79 Å². The molecule has 0 aliphatic carbocycles. The second kappa shape index (κ2) is 3.53. The van der Waals surface area contributed by atoms with Crippen molar-refractivity contribution in [3.05, 3.63) is 0 Å². The maximum atomic E-state index is 10.9. The molecule has 0 radical (unpaired) electrons. The lowest BCUT2D eigenvalue weighted by Gasteiger charge is -2.24. The molecule has 0 aromatic rings. The molecule has 0 saturated carbocycles. The van der Waals surface area contributed by atoms with Crippen LogP contribution in [0.5, 0.6) is 0 Å². The summed E-state index contributed by atoms with van der Waals surface area (Å²) in [5.41, 5.74) is 0. The van der Waals surface area contributed by atoms with Crippen LogP contribution in [0.3, 0.4) is 0 Å². The third-order valence-electron chi connectivity index (χ3n) is 1.40. The Bertz CT molecular complexity index is 122. The van der Waals surface area contributed by atoms with Gasteiger partial charge in [-0.25, -0.2) is 0 Å². The van der Waals surface area contributed by atoms with Gasteiger partial charge in [-0.05, 0) is 0 Å². The fraction of sp³-hybridized carbons (Fsp3) is 0.833. The average Bonchev–Trinajstić information content (AvgIpc) is 1.79. The van der Waals surface area contributed by atoms with E-state index in [2.05, 4.69) is 10.1 Å². The van der Waals surface area contributed by atoms with Crippen LogP contribution in [0.25, 0.3) is 0 Å². The van der Waals surface area contributed by atoms with Crippen LogP contribution in [0.2, 0.25) is 0 Å². The largest absolute Gasteiger partial charge is 0.380 e. The van der Waals surface area contributed by atoms with Crippen LogP contribution in [-0.4, -0.2) is 33.0 Å². The summed E-state index contributed by atoms with van der Waals surface area (Å²) in [5.74, 6) is 0.0725. The molecule has 0 spiro atoms. The number of nitrogens with one attached hydrogen (secondary N) is 1. The van der Waals surface area contributed by atoms with Crippen molar-refractivity contribution in [3.8, 4) is 0 Å². The fourth-order valence-electron chi connectivity index (χ4n) is 0.675. The lowest BCUT2D eigenvalue weighted by molar-refractivity contribution is -0.140. The van der Waals surface area contributed by atoms with E-state index in [1.165, 1.54) is 7.11 Å². The molecule has 4 heteroatoms. The predicted octanol–water partition coefficient (Wildman–Crippen LogP) is -0.647. The van der Waals surface area contributed by atoms with Gasteiger partial charge in [0.1, 0.15) is 6.73 Å². The molecule has 0 unspecified atom stereocenters. The number of amides is 1. The molecule has 1 heterocycles. The zero-order valence-corrected chi connectivity index (χ0v) is 5.92. The molecule has 0 aromatic carbocycles. The highest BCUT2D eigenvalue weighted by Crippen LogP contribution is 2.08. The minimum absolute atomic E-state index is 0.0214. The Labute approximate surface area is 59.5 Å². The Kier molecular flexibility index (Phi) is 2.65. The van der Waals surface area contributed by atoms with Gasteiger partial charge in [0.25, 0.3) is 0 Å². The minimum Gasteiger partial charge on any atom is -0.380 e. The molecule has 1 saturated heterocycles. The number of carbonyl (C=O) groups excluding carboxylic acids is 1. The van der Waals surface area contributed by atoms with Gasteiger partial charge in [0, 0.05) is 7.11 Å². The van der Waals surface area contributed by atoms with Crippen molar-refractivity contribution in [2.24, 2.45) is 5.92 Å². The van der Waals surface area contributed by atoms with Crippen molar-refractivity contribution in [1.29, 1.82) is 0 Å². The third kappa shape index (κ3) is 1.68. The summed E-state index contributed by atoms with van der Waals surface area (Å²) in [4.78, 5) is 10.9. The molecular formula is C6H11NO3. The molecule has 58 valence electrons. The highest BCUT2D eigenvalue weighted by Gasteiger charge is 2.25. The summed E-state index contributed by atoms with van der Waals surface area (Å²) in [6.45, 7) is 1.39. The molecule has 0 bridgehead atoms. The van der Waals surface area contributed by atoms with Gasteiger partial charge in [0.2, 0.25) is 5.91 Å². The summed E-state index contributed by atoms with van der Waals surface area (Å²) in [5, 5.41) is 2.59. The lowest BCUT2D eigenvalue weighted by atomic mass is 10.1. The topological polar surface area (TPSA) is 47.6 Å². The first-order valence-corrected chi connectivity index (χ1v) is 3.19. The van der Waals surface area contributed by atoms with Crippen molar-refractivity contribution in [2.45, 2.75) is 0 Å². The monoisotopic (exact) mass is 145 g/mol. The number of carbonyl (C=O) groups is 1. The lowest BCUT2D eigenvalue weighted by Crippen LogP contribution is -2.42. The van der Waals surface area contributed by atoms with Gasteiger partial charge in [-0.2, -0.15) is 0 Å². The van der Waals surface area contributed by atoms with Crippen molar-refractivity contribution in [2.75, 3.05) is 27.1 Å². The second-order valence-corrected chi connectivity index (χ2v) is 2.21. The summed E-state index contributed by atoms with van der Waals surface area (Å²) in [7, 11) is 1.54. The van der Waals surface area contributed by atoms with Crippen molar-refractivity contribution >= 4 is 5.91 Å². The summed E-state index contributed by atoms with van der Waals surface area (Å²) < 4.78 is 9.49. The first-order chi connectivity index (χ1) is 4.84. The zero-order chi connectivity index (χ0) is 7.40. The second-order valence-electron chi connectivity index (χ2n) is 2.21. The molecule has 1 amide bonds. The van der Waals surface area contributed by atoms with Crippen LogP contribution in [0, 0.1) is 5.92 Å². The molecule has 4 nitrogen and oxygen atoms in total. The Morgan fingerprint density at radius 3 is 2.90 bits per heavy atom. The average molecular weight is 145 g/mol. The highest BCUT2D eigenvalue weighted by atomic mass is 16.5. The van der Waals surface area contributed by atoms with Gasteiger partial charge in [0.15, 0.2) is 0 Å². The molecule has 1 fully saturated rings. The molecule has 0 atom stereocenters. The molecular weight excluding hydrogens is 134 g/mol. The molecule has 1 N–H and O–H groups in total. The van der Waals surface area contributed by atoms with Crippen molar-refractivity contribution in [1.82, 2.24) is 5.32 Å². The Balaban J connectivity index is 2.08. The van der Waals surface area contributed by atoms with Crippen LogP contribution in [-0.2, 0) is 14.3 Å². The number of rotatable bonds is 3. The van der Waals surface area contributed by atoms with Gasteiger partial charge in [0.05, 0.1) is 19.1 Å².